The van der Waals surface area contributed by atoms with Crippen molar-refractivity contribution in [2.24, 2.45) is 0 Å². The van der Waals surface area contributed by atoms with Gasteiger partial charge in [-0.2, -0.15) is 0 Å². The van der Waals surface area contributed by atoms with Crippen molar-refractivity contribution in [3.63, 3.8) is 0 Å². The predicted octanol–water partition coefficient (Wildman–Crippen LogP) is 0.974. The summed E-state index contributed by atoms with van der Waals surface area (Å²) < 4.78 is 1.75. The van der Waals surface area contributed by atoms with E-state index in [4.69, 9.17) is 5.11 Å². The van der Waals surface area contributed by atoms with E-state index < -0.39 is 5.97 Å². The average Bonchev–Trinajstić information content (AvgIpc) is 2.02. The van der Waals surface area contributed by atoms with Crippen LogP contribution >= 0.6 is 22.6 Å². The summed E-state index contributed by atoms with van der Waals surface area (Å²) in [6.45, 7) is 0. The monoisotopic (exact) mass is 477 g/mol. The molecule has 0 spiro atoms. The Morgan fingerprint density at radius 2 is 2.15 bits per heavy atom. The molecule has 1 aromatic rings. The summed E-state index contributed by atoms with van der Waals surface area (Å²) in [6, 6.07) is 3.44. The first-order chi connectivity index (χ1) is 6.06. The number of aldehydes is 1. The first-order valence-electron chi connectivity index (χ1n) is 3.40. The van der Waals surface area contributed by atoms with E-state index in [1.165, 1.54) is 0 Å². The van der Waals surface area contributed by atoms with Crippen molar-refractivity contribution in [1.82, 2.24) is 0 Å². The van der Waals surface area contributed by atoms with Crippen LogP contribution in [0.5, 0.6) is 0 Å². The third kappa shape index (κ3) is 2.49. The zero-order valence-corrected chi connectivity index (χ0v) is 14.2. The summed E-state index contributed by atoms with van der Waals surface area (Å²) in [4.78, 5) is 21.4. The van der Waals surface area contributed by atoms with Crippen LogP contribution in [0.4, 0.5) is 0 Å². The second kappa shape index (κ2) is 4.50. The molecule has 0 fully saturated rings. The normalized spacial score (nSPS) is 9.77. The summed E-state index contributed by atoms with van der Waals surface area (Å²) >= 11 is 2.36. The van der Waals surface area contributed by atoms with Gasteiger partial charge in [0.05, 0.1) is 0 Å². The number of benzene rings is 1. The molecule has 0 bridgehead atoms. The second-order valence-electron chi connectivity index (χ2n) is 2.46. The van der Waals surface area contributed by atoms with Gasteiger partial charge >= 0.3 is 106 Å². The number of rotatable bonds is 2. The number of carboxylic acid groups (broad SMARTS) is 1. The van der Waals surface area contributed by atoms with Crippen molar-refractivity contribution < 1.29 is 40.8 Å². The van der Waals surface area contributed by atoms with E-state index in [0.717, 1.165) is 6.64 Å². The van der Waals surface area contributed by atoms with Crippen molar-refractivity contribution in [2.45, 2.75) is 0 Å². The van der Waals surface area contributed by atoms with Gasteiger partial charge in [0.15, 0.2) is 0 Å². The minimum atomic E-state index is -1.03. The molecule has 1 aromatic carbocycles. The average molecular weight is 476 g/mol. The Kier molecular flexibility index (Phi) is 3.84. The topological polar surface area (TPSA) is 54.4 Å². The molecule has 0 saturated carbocycles. The van der Waals surface area contributed by atoms with E-state index in [1.54, 1.807) is 6.07 Å². The van der Waals surface area contributed by atoms with Crippen molar-refractivity contribution in [3.8, 4) is 0 Å². The Labute approximate surface area is 105 Å². The van der Waals surface area contributed by atoms with Gasteiger partial charge in [-0.1, -0.05) is 0 Å². The minimum absolute atomic E-state index is 0.118. The molecule has 63 valence electrons. The standard InChI is InChI=1S/C8H4IO3.Hg/c9-7-3-1-2-5(8(11)12)6(7)4-10;/h2-4H,(H,11,12);. The Hall–Kier alpha value is 0.0251. The SMILES string of the molecule is O=Cc1c(I)c[c]([Hg])cc1C(=O)O. The number of aromatic carboxylic acids is 1. The number of carbonyl (C=O) groups excluding carboxylic acids is 1. The van der Waals surface area contributed by atoms with E-state index in [1.807, 2.05) is 28.7 Å². The molecule has 0 radical (unpaired) electrons. The third-order valence-corrected chi connectivity index (χ3v) is 4.02. The van der Waals surface area contributed by atoms with Crippen LogP contribution in [0, 0.1) is 3.57 Å². The Morgan fingerprint density at radius 1 is 1.54 bits per heavy atom. The molecule has 0 atom stereocenters. The zero-order valence-electron chi connectivity index (χ0n) is 6.58. The number of hydrogen-bond acceptors (Lipinski definition) is 2. The van der Waals surface area contributed by atoms with Gasteiger partial charge in [0, 0.05) is 0 Å². The Balaban J connectivity index is 3.46. The molecule has 3 nitrogen and oxygen atoms in total. The molecule has 0 aromatic heterocycles. The number of carbonyl (C=O) groups is 2. The third-order valence-electron chi connectivity index (χ3n) is 1.54. The van der Waals surface area contributed by atoms with Crippen LogP contribution in [0.25, 0.3) is 0 Å². The molecule has 13 heavy (non-hydrogen) atoms. The van der Waals surface area contributed by atoms with Crippen LogP contribution in [0.3, 0.4) is 0 Å². The van der Waals surface area contributed by atoms with Crippen LogP contribution in [-0.2, 0) is 26.1 Å². The maximum atomic E-state index is 10.7. The molecule has 5 heteroatoms. The summed E-state index contributed by atoms with van der Waals surface area (Å²) in [7, 11) is 0. The van der Waals surface area contributed by atoms with Crippen LogP contribution < -0.4 is 3.07 Å². The van der Waals surface area contributed by atoms with Gasteiger partial charge in [-0.15, -0.1) is 0 Å². The zero-order chi connectivity index (χ0) is 10.0. The van der Waals surface area contributed by atoms with Gasteiger partial charge in [0.25, 0.3) is 0 Å². The molecule has 1 N–H and O–H groups in total. The number of halogens is 1. The maximum absolute atomic E-state index is 10.7. The first-order valence-corrected chi connectivity index (χ1v) is 7.23. The van der Waals surface area contributed by atoms with Crippen molar-refractivity contribution >= 4 is 37.9 Å². The first kappa shape index (κ1) is 11.1. The fraction of sp³-hybridized carbons (Fsp3) is 0. The summed E-state index contributed by atoms with van der Waals surface area (Å²) in [5.74, 6) is -1.03. The molecule has 0 aliphatic heterocycles. The van der Waals surface area contributed by atoms with E-state index in [2.05, 4.69) is 0 Å². The van der Waals surface area contributed by atoms with Gasteiger partial charge in [-0.3, -0.25) is 0 Å². The van der Waals surface area contributed by atoms with E-state index >= 15 is 0 Å². The van der Waals surface area contributed by atoms with Crippen LogP contribution in [0.2, 0.25) is 0 Å². The van der Waals surface area contributed by atoms with Crippen LogP contribution in [0.1, 0.15) is 20.7 Å². The molecule has 0 saturated heterocycles. The van der Waals surface area contributed by atoms with Gasteiger partial charge in [0.1, 0.15) is 0 Å². The van der Waals surface area contributed by atoms with Crippen LogP contribution in [-0.4, -0.2) is 17.4 Å². The Bertz CT molecular complexity index is 376. The fourth-order valence-electron chi connectivity index (χ4n) is 0.971. The molecule has 1 rings (SSSR count). The van der Waals surface area contributed by atoms with Gasteiger partial charge < -0.3 is 0 Å². The van der Waals surface area contributed by atoms with E-state index in [0.29, 0.717) is 32.4 Å². The molecule has 0 amide bonds. The molecule has 0 aliphatic rings. The molecular formula is C8H4HgIO3. The summed E-state index contributed by atoms with van der Waals surface area (Å²) in [5, 5.41) is 8.81. The molecule has 0 heterocycles. The van der Waals surface area contributed by atoms with Gasteiger partial charge in [0.2, 0.25) is 0 Å². The van der Waals surface area contributed by atoms with Gasteiger partial charge in [-0.05, 0) is 0 Å². The number of carboxylic acids is 1. The molecular weight excluding hydrogens is 472 g/mol. The summed E-state index contributed by atoms with van der Waals surface area (Å²) in [6.07, 6.45) is 0.596. The fourth-order valence-corrected chi connectivity index (χ4v) is 4.99. The predicted molar refractivity (Wildman–Crippen MR) is 51.1 cm³/mol. The van der Waals surface area contributed by atoms with Crippen molar-refractivity contribution in [1.29, 1.82) is 0 Å². The number of hydrogen-bond donors (Lipinski definition) is 1. The quantitative estimate of drug-likeness (QED) is 0.394. The van der Waals surface area contributed by atoms with Crippen LogP contribution in [0.15, 0.2) is 12.1 Å². The van der Waals surface area contributed by atoms with E-state index in [9.17, 15) is 9.59 Å². The Morgan fingerprint density at radius 3 is 2.62 bits per heavy atom. The van der Waals surface area contributed by atoms with Crippen molar-refractivity contribution in [3.05, 3.63) is 26.8 Å². The summed E-state index contributed by atoms with van der Waals surface area (Å²) in [5.41, 5.74) is 0.397. The molecule has 0 unspecified atom stereocenters. The van der Waals surface area contributed by atoms with E-state index in [-0.39, 0.29) is 11.1 Å². The second-order valence-corrected chi connectivity index (χ2v) is 6.80. The van der Waals surface area contributed by atoms with Gasteiger partial charge in [-0.25, -0.2) is 0 Å². The van der Waals surface area contributed by atoms with Crippen molar-refractivity contribution in [2.75, 3.05) is 0 Å². The molecule has 0 aliphatic carbocycles.